The zero-order valence-corrected chi connectivity index (χ0v) is 8.77. The van der Waals surface area contributed by atoms with Gasteiger partial charge in [0.15, 0.2) is 0 Å². The van der Waals surface area contributed by atoms with Crippen LogP contribution in [0.1, 0.15) is 5.56 Å². The van der Waals surface area contributed by atoms with Gasteiger partial charge in [-0.25, -0.2) is 4.79 Å². The molecule has 0 bridgehead atoms. The predicted molar refractivity (Wildman–Crippen MR) is 58.6 cm³/mol. The van der Waals surface area contributed by atoms with Crippen LogP contribution in [-0.2, 0) is 0 Å². The average molecular weight is 221 g/mol. The van der Waals surface area contributed by atoms with Crippen LogP contribution >= 0.6 is 0 Å². The number of hydrogen-bond donors (Lipinski definition) is 1. The zero-order chi connectivity index (χ0) is 11.7. The lowest BCUT2D eigenvalue weighted by molar-refractivity contribution is -0.385. The average Bonchev–Trinajstić information content (AvgIpc) is 2.63. The largest absolute Gasteiger partial charge is 0.336 e. The Hall–Kier alpha value is -2.11. The van der Waals surface area contributed by atoms with E-state index in [2.05, 4.69) is 5.32 Å². The number of anilines is 1. The van der Waals surface area contributed by atoms with E-state index in [0.29, 0.717) is 24.3 Å². The van der Waals surface area contributed by atoms with E-state index < -0.39 is 4.92 Å². The molecule has 6 heteroatoms. The lowest BCUT2D eigenvalue weighted by Gasteiger charge is -2.14. The topological polar surface area (TPSA) is 75.5 Å². The van der Waals surface area contributed by atoms with E-state index >= 15 is 0 Å². The van der Waals surface area contributed by atoms with E-state index in [1.807, 2.05) is 0 Å². The number of rotatable bonds is 2. The summed E-state index contributed by atoms with van der Waals surface area (Å²) in [6, 6.07) is 4.52. The van der Waals surface area contributed by atoms with E-state index in [0.717, 1.165) is 0 Å². The van der Waals surface area contributed by atoms with Gasteiger partial charge in [0.2, 0.25) is 0 Å². The molecule has 16 heavy (non-hydrogen) atoms. The van der Waals surface area contributed by atoms with Gasteiger partial charge in [-0.1, -0.05) is 0 Å². The van der Waals surface area contributed by atoms with Crippen LogP contribution in [0, 0.1) is 17.0 Å². The smallest absolute Gasteiger partial charge is 0.321 e. The van der Waals surface area contributed by atoms with Crippen LogP contribution in [-0.4, -0.2) is 24.0 Å². The molecule has 0 spiro atoms. The first-order chi connectivity index (χ1) is 7.59. The van der Waals surface area contributed by atoms with Gasteiger partial charge < -0.3 is 5.32 Å². The molecule has 6 nitrogen and oxygen atoms in total. The summed E-state index contributed by atoms with van der Waals surface area (Å²) >= 11 is 0. The van der Waals surface area contributed by atoms with Crippen LogP contribution in [0.15, 0.2) is 18.2 Å². The van der Waals surface area contributed by atoms with Crippen LogP contribution in [0.5, 0.6) is 0 Å². The molecule has 0 aliphatic carbocycles. The van der Waals surface area contributed by atoms with Crippen LogP contribution in [0.2, 0.25) is 0 Å². The summed E-state index contributed by atoms with van der Waals surface area (Å²) in [7, 11) is 0. The van der Waals surface area contributed by atoms with E-state index in [1.54, 1.807) is 24.0 Å². The monoisotopic (exact) mass is 221 g/mol. The van der Waals surface area contributed by atoms with Gasteiger partial charge in [-0.15, -0.1) is 0 Å². The number of carbonyl (C=O) groups excluding carboxylic acids is 1. The highest BCUT2D eigenvalue weighted by Crippen LogP contribution is 2.24. The Bertz CT molecular complexity index is 459. The molecule has 1 N–H and O–H groups in total. The van der Waals surface area contributed by atoms with Gasteiger partial charge in [-0.2, -0.15) is 0 Å². The molecule has 1 saturated heterocycles. The first-order valence-electron chi connectivity index (χ1n) is 4.90. The van der Waals surface area contributed by atoms with Crippen molar-refractivity contribution in [2.24, 2.45) is 0 Å². The maximum Gasteiger partial charge on any atom is 0.321 e. The van der Waals surface area contributed by atoms with Crippen LogP contribution < -0.4 is 10.2 Å². The SMILES string of the molecule is Cc1cc(N2CCNC2=O)ccc1[N+](=O)[O-]. The minimum atomic E-state index is -0.427. The van der Waals surface area contributed by atoms with Crippen molar-refractivity contribution in [3.8, 4) is 0 Å². The quantitative estimate of drug-likeness (QED) is 0.606. The van der Waals surface area contributed by atoms with Crippen LogP contribution in [0.4, 0.5) is 16.2 Å². The van der Waals surface area contributed by atoms with E-state index in [4.69, 9.17) is 0 Å². The summed E-state index contributed by atoms with van der Waals surface area (Å²) in [5.74, 6) is 0. The third-order valence-corrected chi connectivity index (χ3v) is 2.55. The van der Waals surface area contributed by atoms with Gasteiger partial charge in [-0.05, 0) is 19.1 Å². The van der Waals surface area contributed by atoms with Crippen molar-refractivity contribution < 1.29 is 9.72 Å². The molecule has 2 rings (SSSR count). The fraction of sp³-hybridized carbons (Fsp3) is 0.300. The molecular weight excluding hydrogens is 210 g/mol. The van der Waals surface area contributed by atoms with Gasteiger partial charge in [0.25, 0.3) is 5.69 Å². The third kappa shape index (κ3) is 1.69. The Kier molecular flexibility index (Phi) is 2.47. The fourth-order valence-electron chi connectivity index (χ4n) is 1.73. The molecule has 0 atom stereocenters. The van der Waals surface area contributed by atoms with Crippen molar-refractivity contribution in [2.45, 2.75) is 6.92 Å². The number of nitrogens with one attached hydrogen (secondary N) is 1. The van der Waals surface area contributed by atoms with Gasteiger partial charge in [0.05, 0.1) is 4.92 Å². The summed E-state index contributed by atoms with van der Waals surface area (Å²) in [5, 5.41) is 13.3. The number of nitro groups is 1. The molecule has 84 valence electrons. The molecule has 0 saturated carbocycles. The number of nitro benzene ring substituents is 1. The first-order valence-corrected chi connectivity index (χ1v) is 4.90. The lowest BCUT2D eigenvalue weighted by atomic mass is 10.1. The highest BCUT2D eigenvalue weighted by molar-refractivity contribution is 5.94. The number of nitrogens with zero attached hydrogens (tertiary/aromatic N) is 2. The summed E-state index contributed by atoms with van der Waals surface area (Å²) in [5.41, 5.74) is 1.32. The van der Waals surface area contributed by atoms with Crippen molar-refractivity contribution in [3.63, 3.8) is 0 Å². The number of hydrogen-bond acceptors (Lipinski definition) is 3. The highest BCUT2D eigenvalue weighted by atomic mass is 16.6. The van der Waals surface area contributed by atoms with Crippen molar-refractivity contribution in [3.05, 3.63) is 33.9 Å². The predicted octanol–water partition coefficient (Wildman–Crippen LogP) is 1.43. The zero-order valence-electron chi connectivity index (χ0n) is 8.77. The molecular formula is C10H11N3O3. The Balaban J connectivity index is 2.34. The summed E-state index contributed by atoms with van der Waals surface area (Å²) in [4.78, 5) is 23.2. The molecule has 1 aromatic carbocycles. The molecule has 0 aromatic heterocycles. The Labute approximate surface area is 92.0 Å². The van der Waals surface area contributed by atoms with E-state index in [-0.39, 0.29) is 11.7 Å². The second-order valence-corrected chi connectivity index (χ2v) is 3.61. The fourth-order valence-corrected chi connectivity index (χ4v) is 1.73. The van der Waals surface area contributed by atoms with Crippen molar-refractivity contribution in [1.82, 2.24) is 5.32 Å². The maximum atomic E-state index is 11.4. The summed E-state index contributed by atoms with van der Waals surface area (Å²) < 4.78 is 0. The minimum absolute atomic E-state index is 0.0726. The molecule has 1 aromatic rings. The van der Waals surface area contributed by atoms with Crippen molar-refractivity contribution >= 4 is 17.4 Å². The molecule has 1 aliphatic heterocycles. The number of amides is 2. The maximum absolute atomic E-state index is 11.4. The Morgan fingerprint density at radius 2 is 2.25 bits per heavy atom. The van der Waals surface area contributed by atoms with E-state index in [1.165, 1.54) is 6.07 Å². The number of aryl methyl sites for hydroxylation is 1. The molecule has 2 amide bonds. The molecule has 1 fully saturated rings. The Morgan fingerprint density at radius 3 is 2.75 bits per heavy atom. The number of urea groups is 1. The number of carbonyl (C=O) groups is 1. The minimum Gasteiger partial charge on any atom is -0.336 e. The van der Waals surface area contributed by atoms with Gasteiger partial charge in [-0.3, -0.25) is 15.0 Å². The van der Waals surface area contributed by atoms with Crippen LogP contribution in [0.3, 0.4) is 0 Å². The number of benzene rings is 1. The van der Waals surface area contributed by atoms with Gasteiger partial charge in [0.1, 0.15) is 0 Å². The molecule has 0 unspecified atom stereocenters. The van der Waals surface area contributed by atoms with Crippen molar-refractivity contribution in [2.75, 3.05) is 18.0 Å². The second kappa shape index (κ2) is 3.80. The highest BCUT2D eigenvalue weighted by Gasteiger charge is 2.22. The first kappa shape index (κ1) is 10.4. The third-order valence-electron chi connectivity index (χ3n) is 2.55. The van der Waals surface area contributed by atoms with Crippen LogP contribution in [0.25, 0.3) is 0 Å². The molecule has 1 aliphatic rings. The standard InChI is InChI=1S/C10H11N3O3/c1-7-6-8(2-3-9(7)13(15)16)12-5-4-11-10(12)14/h2-3,6H,4-5H2,1H3,(H,11,14). The molecule has 1 heterocycles. The summed E-state index contributed by atoms with van der Waals surface area (Å²) in [6.07, 6.45) is 0. The normalized spacial score (nSPS) is 15.1. The van der Waals surface area contributed by atoms with E-state index in [9.17, 15) is 14.9 Å². The van der Waals surface area contributed by atoms with Gasteiger partial charge >= 0.3 is 6.03 Å². The summed E-state index contributed by atoms with van der Waals surface area (Å²) in [6.45, 7) is 2.86. The van der Waals surface area contributed by atoms with Gasteiger partial charge in [0, 0.05) is 30.4 Å². The Morgan fingerprint density at radius 1 is 1.50 bits per heavy atom. The second-order valence-electron chi connectivity index (χ2n) is 3.61. The molecule has 0 radical (unpaired) electrons. The lowest BCUT2D eigenvalue weighted by Crippen LogP contribution is -2.27. The van der Waals surface area contributed by atoms with Crippen molar-refractivity contribution in [1.29, 1.82) is 0 Å².